The molecule has 3 rings (SSSR count). The highest BCUT2D eigenvalue weighted by Gasteiger charge is 2.28. The Labute approximate surface area is 266 Å². The molecular weight excluding hydrogens is 584 g/mol. The molecule has 0 saturated carbocycles. The molecule has 0 aliphatic carbocycles. The summed E-state index contributed by atoms with van der Waals surface area (Å²) >= 11 is 7.13. The number of terminal acetylenes is 1. The van der Waals surface area contributed by atoms with Gasteiger partial charge in [0.2, 0.25) is 5.91 Å². The van der Waals surface area contributed by atoms with E-state index >= 15 is 0 Å². The molecule has 1 unspecified atom stereocenters. The number of likely N-dealkylation sites (tertiary alicyclic amines) is 1. The summed E-state index contributed by atoms with van der Waals surface area (Å²) in [4.78, 5) is 48.6. The van der Waals surface area contributed by atoms with Crippen molar-refractivity contribution in [3.63, 3.8) is 0 Å². The number of rotatable bonds is 10. The highest BCUT2D eigenvalue weighted by molar-refractivity contribution is 7.13. The molecule has 0 bridgehead atoms. The number of piperidine rings is 1. The molecule has 2 aromatic rings. The predicted octanol–water partition coefficient (Wildman–Crippen LogP) is 5.72. The number of nitrogens with one attached hydrogen (secondary N) is 2. The van der Waals surface area contributed by atoms with Crippen LogP contribution in [0.2, 0.25) is 0 Å². The van der Waals surface area contributed by atoms with Gasteiger partial charge in [-0.05, 0) is 64.4 Å². The van der Waals surface area contributed by atoms with E-state index in [4.69, 9.17) is 23.8 Å². The lowest BCUT2D eigenvalue weighted by Gasteiger charge is -2.34. The van der Waals surface area contributed by atoms with Crippen molar-refractivity contribution in [1.29, 1.82) is 0 Å². The Morgan fingerprint density at radius 2 is 2.02 bits per heavy atom. The first-order valence-corrected chi connectivity index (χ1v) is 16.2. The molecule has 9 nitrogen and oxygen atoms in total. The van der Waals surface area contributed by atoms with Crippen molar-refractivity contribution < 1.29 is 14.4 Å². The standard InChI is InChI=1S/C20H34N4O2S.C10H9ClN2O.C2H6/c1-6-9-14(3)20(26)24-11-8-10-16(12-24)22-18(25)19-21-15(4)17(27-19)13-23(5)7-2;1-3-8(11)4-7-5-9(10(12)14)13-6(7)2;1-2/h14,16H,6-13H2,1-5H3,(H,22,25);1,4-5,13H,2H3,(H2,12,14);1-2H3/b;8-4+;/t14?,16-;;/m0../s1. The second-order valence-electron chi connectivity index (χ2n) is 10.4. The van der Waals surface area contributed by atoms with Crippen molar-refractivity contribution in [3.8, 4) is 12.3 Å². The number of carbonyl (C=O) groups is 3. The average Bonchev–Trinajstić information content (AvgIpc) is 3.55. The second-order valence-corrected chi connectivity index (χ2v) is 11.9. The van der Waals surface area contributed by atoms with Gasteiger partial charge < -0.3 is 25.8 Å². The summed E-state index contributed by atoms with van der Waals surface area (Å²) < 4.78 is 0. The van der Waals surface area contributed by atoms with Crippen LogP contribution in [0.3, 0.4) is 0 Å². The molecule has 43 heavy (non-hydrogen) atoms. The van der Waals surface area contributed by atoms with Crippen molar-refractivity contribution in [1.82, 2.24) is 25.1 Å². The van der Waals surface area contributed by atoms with Crippen LogP contribution in [0.25, 0.3) is 6.08 Å². The number of hydrogen-bond acceptors (Lipinski definition) is 6. The molecule has 11 heteroatoms. The van der Waals surface area contributed by atoms with Gasteiger partial charge in [0.15, 0.2) is 5.01 Å². The van der Waals surface area contributed by atoms with Crippen molar-refractivity contribution in [2.45, 2.75) is 86.7 Å². The fourth-order valence-corrected chi connectivity index (χ4v) is 5.64. The predicted molar refractivity (Wildman–Crippen MR) is 178 cm³/mol. The molecule has 3 amide bonds. The van der Waals surface area contributed by atoms with Gasteiger partial charge in [0.05, 0.1) is 10.7 Å². The molecule has 1 saturated heterocycles. The Bertz CT molecular complexity index is 1280. The molecule has 3 heterocycles. The van der Waals surface area contributed by atoms with E-state index in [-0.39, 0.29) is 28.8 Å². The minimum Gasteiger partial charge on any atom is -0.364 e. The molecule has 0 radical (unpaired) electrons. The van der Waals surface area contributed by atoms with Gasteiger partial charge in [-0.3, -0.25) is 14.4 Å². The largest absolute Gasteiger partial charge is 0.364 e. The van der Waals surface area contributed by atoms with Crippen LogP contribution in [0.5, 0.6) is 0 Å². The zero-order valence-corrected chi connectivity index (χ0v) is 28.5. The highest BCUT2D eigenvalue weighted by atomic mass is 35.5. The van der Waals surface area contributed by atoms with Crippen LogP contribution < -0.4 is 11.1 Å². The zero-order chi connectivity index (χ0) is 32.7. The smallest absolute Gasteiger partial charge is 0.280 e. The number of amides is 3. The maximum atomic E-state index is 12.7. The number of nitrogens with two attached hydrogens (primary N) is 1. The molecule has 238 valence electrons. The van der Waals surface area contributed by atoms with E-state index in [0.29, 0.717) is 17.2 Å². The maximum Gasteiger partial charge on any atom is 0.280 e. The number of aryl methyl sites for hydroxylation is 2. The van der Waals surface area contributed by atoms with Crippen molar-refractivity contribution in [2.24, 2.45) is 11.7 Å². The number of allylic oxidation sites excluding steroid dienone is 1. The highest BCUT2D eigenvalue weighted by Crippen LogP contribution is 2.21. The molecule has 2 aromatic heterocycles. The van der Waals surface area contributed by atoms with Crippen LogP contribution in [0.1, 0.15) is 102 Å². The van der Waals surface area contributed by atoms with Crippen molar-refractivity contribution in [2.75, 3.05) is 26.7 Å². The second kappa shape index (κ2) is 19.2. The monoisotopic (exact) mass is 632 g/mol. The van der Waals surface area contributed by atoms with Crippen LogP contribution in [-0.4, -0.2) is 70.2 Å². The summed E-state index contributed by atoms with van der Waals surface area (Å²) in [5, 5.41) is 3.90. The van der Waals surface area contributed by atoms with Gasteiger partial charge in [-0.1, -0.05) is 58.6 Å². The number of nitrogens with zero attached hydrogens (tertiary/aromatic N) is 3. The number of aromatic amines is 1. The maximum absolute atomic E-state index is 12.7. The Balaban J connectivity index is 0.000000485. The fraction of sp³-hybridized carbons (Fsp3) is 0.562. The summed E-state index contributed by atoms with van der Waals surface area (Å²) in [6.07, 6.45) is 10.5. The van der Waals surface area contributed by atoms with E-state index < -0.39 is 5.91 Å². The van der Waals surface area contributed by atoms with Gasteiger partial charge in [-0.15, -0.1) is 17.8 Å². The van der Waals surface area contributed by atoms with Crippen LogP contribution in [0.15, 0.2) is 11.1 Å². The van der Waals surface area contributed by atoms with E-state index in [0.717, 1.165) is 67.1 Å². The van der Waals surface area contributed by atoms with Gasteiger partial charge in [0.25, 0.3) is 11.8 Å². The Kier molecular flexibility index (Phi) is 16.9. The third-order valence-electron chi connectivity index (χ3n) is 6.99. The van der Waals surface area contributed by atoms with Gasteiger partial charge in [-0.2, -0.15) is 0 Å². The van der Waals surface area contributed by atoms with Gasteiger partial charge in [0.1, 0.15) is 5.69 Å². The van der Waals surface area contributed by atoms with Crippen molar-refractivity contribution >= 4 is 46.7 Å². The number of carbonyl (C=O) groups excluding carboxylic acids is 3. The number of halogens is 1. The average molecular weight is 633 g/mol. The zero-order valence-electron chi connectivity index (χ0n) is 27.0. The van der Waals surface area contributed by atoms with E-state index in [1.165, 1.54) is 11.3 Å². The summed E-state index contributed by atoms with van der Waals surface area (Å²) in [5.74, 6) is 1.92. The van der Waals surface area contributed by atoms with E-state index in [1.54, 1.807) is 19.1 Å². The molecular formula is C32H49ClN6O3S. The lowest BCUT2D eigenvalue weighted by Crippen LogP contribution is -2.50. The minimum absolute atomic E-state index is 0.00926. The summed E-state index contributed by atoms with van der Waals surface area (Å²) in [6, 6.07) is 1.62. The van der Waals surface area contributed by atoms with Crippen LogP contribution in [0, 0.1) is 32.1 Å². The lowest BCUT2D eigenvalue weighted by atomic mass is 10.0. The molecule has 4 N–H and O–H groups in total. The fourth-order valence-electron chi connectivity index (χ4n) is 4.47. The molecule has 1 aliphatic rings. The summed E-state index contributed by atoms with van der Waals surface area (Å²) in [7, 11) is 2.06. The number of primary amides is 1. The molecule has 1 fully saturated rings. The molecule has 0 spiro atoms. The molecule has 0 aromatic carbocycles. The number of H-pyrrole nitrogens is 1. The van der Waals surface area contributed by atoms with E-state index in [1.807, 2.05) is 32.6 Å². The summed E-state index contributed by atoms with van der Waals surface area (Å²) in [6.45, 7) is 17.2. The molecule has 1 aliphatic heterocycles. The van der Waals surface area contributed by atoms with Gasteiger partial charge in [-0.25, -0.2) is 4.98 Å². The quantitative estimate of drug-likeness (QED) is 0.289. The van der Waals surface area contributed by atoms with Gasteiger partial charge in [0, 0.05) is 42.2 Å². The van der Waals surface area contributed by atoms with Gasteiger partial charge >= 0.3 is 0 Å². The number of thiazole rings is 1. The Morgan fingerprint density at radius 3 is 2.58 bits per heavy atom. The lowest BCUT2D eigenvalue weighted by molar-refractivity contribution is -0.136. The summed E-state index contributed by atoms with van der Waals surface area (Å²) in [5.41, 5.74) is 7.93. The SMILES string of the molecule is C#C/C(Cl)=C\c1cc(C(N)=O)[nH]c1C.CC.CCCC(C)C(=O)N1CCC[C@H](NC(=O)c2nc(C)c(CN(C)CC)s2)C1. The number of aromatic nitrogens is 2. The first kappa shape index (κ1) is 37.9. The first-order valence-electron chi connectivity index (χ1n) is 15.0. The third-order valence-corrected chi connectivity index (χ3v) is 8.35. The minimum atomic E-state index is -0.510. The van der Waals surface area contributed by atoms with Crippen LogP contribution in [-0.2, 0) is 11.3 Å². The van der Waals surface area contributed by atoms with E-state index in [2.05, 4.69) is 47.0 Å². The van der Waals surface area contributed by atoms with Crippen LogP contribution in [0.4, 0.5) is 0 Å². The number of hydrogen-bond donors (Lipinski definition) is 3. The van der Waals surface area contributed by atoms with Crippen molar-refractivity contribution in [3.05, 3.63) is 43.6 Å². The Hall–Kier alpha value is -3.13. The topological polar surface area (TPSA) is 124 Å². The van der Waals surface area contributed by atoms with E-state index in [9.17, 15) is 14.4 Å². The molecule has 2 atom stereocenters. The normalized spacial score (nSPS) is 15.4. The first-order chi connectivity index (χ1) is 20.4. The Morgan fingerprint density at radius 1 is 1.35 bits per heavy atom. The van der Waals surface area contributed by atoms with Crippen LogP contribution >= 0.6 is 22.9 Å². The third kappa shape index (κ3) is 12.2.